The van der Waals surface area contributed by atoms with E-state index in [9.17, 15) is 19.4 Å². The Morgan fingerprint density at radius 3 is 1.80 bits per heavy atom. The third kappa shape index (κ3) is 31.4. The van der Waals surface area contributed by atoms with Crippen molar-refractivity contribution in [2.75, 3.05) is 40.9 Å². The molecule has 1 amide bonds. The third-order valence-electron chi connectivity index (χ3n) is 7.91. The lowest BCUT2D eigenvalue weighted by Gasteiger charge is -2.29. The fourth-order valence-electron chi connectivity index (χ4n) is 4.93. The average molecular weight is 659 g/mol. The van der Waals surface area contributed by atoms with E-state index in [-0.39, 0.29) is 12.5 Å². The number of carbonyl (C=O) groups excluding carboxylic acids is 1. The maximum atomic E-state index is 12.7. The van der Waals surface area contributed by atoms with Gasteiger partial charge in [0, 0.05) is 6.42 Å². The summed E-state index contributed by atoms with van der Waals surface area (Å²) < 4.78 is 23.0. The van der Waals surface area contributed by atoms with Crippen LogP contribution in [-0.4, -0.2) is 68.5 Å². The zero-order chi connectivity index (χ0) is 33.7. The minimum absolute atomic E-state index is 0.00497. The van der Waals surface area contributed by atoms with Gasteiger partial charge in [0.05, 0.1) is 39.9 Å². The standard InChI is InChI=1S/C36H71N2O6P/c1-6-8-10-12-14-16-18-20-21-23-25-27-29-35(39)34(33-44-45(41,42)43-32-31-38(3,4)5)37-36(40)30-28-26-24-22-19-17-15-13-11-9-7-2/h20-21,27,29,34-35,39H,6-19,22-26,28,30-33H2,1-5H3,(H-,37,40,41,42)/b21-20+,29-27+/t34-,35+/m0/s1. The van der Waals surface area contributed by atoms with Crippen LogP contribution in [0.3, 0.4) is 0 Å². The molecule has 0 saturated heterocycles. The number of hydrogen-bond acceptors (Lipinski definition) is 6. The second-order valence-corrected chi connectivity index (χ2v) is 15.0. The smallest absolute Gasteiger partial charge is 0.268 e. The first-order valence-electron chi connectivity index (χ1n) is 18.2. The van der Waals surface area contributed by atoms with E-state index in [1.54, 1.807) is 6.08 Å². The normalized spacial score (nSPS) is 15.1. The number of nitrogens with one attached hydrogen (secondary N) is 1. The molecule has 0 aliphatic rings. The molecule has 45 heavy (non-hydrogen) atoms. The summed E-state index contributed by atoms with van der Waals surface area (Å²) in [5.74, 6) is -0.212. The van der Waals surface area contributed by atoms with Gasteiger partial charge in [-0.1, -0.05) is 134 Å². The Morgan fingerprint density at radius 2 is 1.24 bits per heavy atom. The van der Waals surface area contributed by atoms with Gasteiger partial charge in [-0.05, 0) is 32.1 Å². The molecule has 0 aromatic rings. The molecule has 9 heteroatoms. The zero-order valence-corrected chi connectivity index (χ0v) is 30.7. The Kier molecular flexibility index (Phi) is 28.5. The zero-order valence-electron chi connectivity index (χ0n) is 29.8. The molecule has 8 nitrogen and oxygen atoms in total. The highest BCUT2D eigenvalue weighted by Gasteiger charge is 2.23. The van der Waals surface area contributed by atoms with Crippen LogP contribution in [0.15, 0.2) is 24.3 Å². The van der Waals surface area contributed by atoms with Gasteiger partial charge in [0.25, 0.3) is 7.82 Å². The highest BCUT2D eigenvalue weighted by Crippen LogP contribution is 2.38. The number of hydrogen-bond donors (Lipinski definition) is 2. The Balaban J connectivity index is 4.64. The van der Waals surface area contributed by atoms with Gasteiger partial charge >= 0.3 is 0 Å². The highest BCUT2D eigenvalue weighted by molar-refractivity contribution is 7.45. The molecule has 0 aromatic heterocycles. The lowest BCUT2D eigenvalue weighted by molar-refractivity contribution is -0.870. The fraction of sp³-hybridized carbons (Fsp3) is 0.861. The second-order valence-electron chi connectivity index (χ2n) is 13.6. The van der Waals surface area contributed by atoms with E-state index in [0.717, 1.165) is 38.5 Å². The average Bonchev–Trinajstić information content (AvgIpc) is 2.97. The van der Waals surface area contributed by atoms with Crippen molar-refractivity contribution in [3.63, 3.8) is 0 Å². The Morgan fingerprint density at radius 1 is 0.756 bits per heavy atom. The number of phosphoric ester groups is 1. The number of amides is 1. The van der Waals surface area contributed by atoms with Crippen molar-refractivity contribution in [1.82, 2.24) is 5.32 Å². The monoisotopic (exact) mass is 659 g/mol. The predicted octanol–water partition coefficient (Wildman–Crippen LogP) is 8.38. The molecule has 0 heterocycles. The van der Waals surface area contributed by atoms with Gasteiger partial charge in [0.1, 0.15) is 13.2 Å². The first-order valence-corrected chi connectivity index (χ1v) is 19.7. The van der Waals surface area contributed by atoms with Crippen LogP contribution in [0.5, 0.6) is 0 Å². The number of rotatable bonds is 32. The summed E-state index contributed by atoms with van der Waals surface area (Å²) in [7, 11) is 1.24. The Hall–Kier alpha value is -1.02. The largest absolute Gasteiger partial charge is 0.756 e. The van der Waals surface area contributed by atoms with Crippen molar-refractivity contribution in [1.29, 1.82) is 0 Å². The highest BCUT2D eigenvalue weighted by atomic mass is 31.2. The molecule has 0 rings (SSSR count). The van der Waals surface area contributed by atoms with Gasteiger partial charge in [0.2, 0.25) is 5.91 Å². The molecule has 0 spiro atoms. The van der Waals surface area contributed by atoms with Gasteiger partial charge in [-0.3, -0.25) is 9.36 Å². The minimum Gasteiger partial charge on any atom is -0.756 e. The number of allylic oxidation sites excluding steroid dienone is 3. The predicted molar refractivity (Wildman–Crippen MR) is 187 cm³/mol. The molecule has 0 fully saturated rings. The summed E-state index contributed by atoms with van der Waals surface area (Å²) in [6.07, 6.45) is 30.8. The van der Waals surface area contributed by atoms with E-state index < -0.39 is 26.6 Å². The number of nitrogens with zero attached hydrogens (tertiary/aromatic N) is 1. The molecule has 2 N–H and O–H groups in total. The first-order chi connectivity index (χ1) is 21.5. The van der Waals surface area contributed by atoms with E-state index in [2.05, 4.69) is 31.3 Å². The van der Waals surface area contributed by atoms with E-state index in [4.69, 9.17) is 9.05 Å². The van der Waals surface area contributed by atoms with Gasteiger partial charge in [-0.25, -0.2) is 0 Å². The molecule has 266 valence electrons. The van der Waals surface area contributed by atoms with E-state index in [0.29, 0.717) is 17.4 Å². The summed E-state index contributed by atoms with van der Waals surface area (Å²) >= 11 is 0. The summed E-state index contributed by atoms with van der Waals surface area (Å²) in [6.45, 7) is 4.57. The molecular formula is C36H71N2O6P. The first kappa shape index (κ1) is 44.0. The fourth-order valence-corrected chi connectivity index (χ4v) is 5.65. The lowest BCUT2D eigenvalue weighted by atomic mass is 10.0. The van der Waals surface area contributed by atoms with Gasteiger partial charge in [-0.2, -0.15) is 0 Å². The van der Waals surface area contributed by atoms with Crippen LogP contribution in [0, 0.1) is 0 Å². The minimum atomic E-state index is -4.58. The van der Waals surface area contributed by atoms with E-state index >= 15 is 0 Å². The molecule has 0 aliphatic heterocycles. The van der Waals surface area contributed by atoms with Crippen LogP contribution in [0.4, 0.5) is 0 Å². The molecule has 0 aromatic carbocycles. The SMILES string of the molecule is CCCCCCCC/C=C/CC/C=C/[C@@H](O)[C@H](COP(=O)([O-])OCC[N+](C)(C)C)NC(=O)CCCCCCCCCCCCC. The van der Waals surface area contributed by atoms with Crippen LogP contribution in [-0.2, 0) is 18.4 Å². The van der Waals surface area contributed by atoms with Crippen LogP contribution in [0.1, 0.15) is 149 Å². The maximum Gasteiger partial charge on any atom is 0.268 e. The van der Waals surface area contributed by atoms with Gasteiger partial charge in [0.15, 0.2) is 0 Å². The number of likely N-dealkylation sites (N-methyl/N-ethyl adjacent to an activating group) is 1. The van der Waals surface area contributed by atoms with Gasteiger partial charge < -0.3 is 28.8 Å². The number of aliphatic hydroxyl groups is 1. The number of unbranched alkanes of at least 4 members (excludes halogenated alkanes) is 17. The second kappa shape index (κ2) is 29.1. The van der Waals surface area contributed by atoms with Crippen molar-refractivity contribution in [3.05, 3.63) is 24.3 Å². The number of phosphoric acid groups is 1. The molecule has 3 atom stereocenters. The van der Waals surface area contributed by atoms with Crippen LogP contribution in [0.25, 0.3) is 0 Å². The van der Waals surface area contributed by atoms with Crippen molar-refractivity contribution >= 4 is 13.7 Å². The van der Waals surface area contributed by atoms with Crippen LogP contribution >= 0.6 is 7.82 Å². The van der Waals surface area contributed by atoms with Crippen molar-refractivity contribution in [2.24, 2.45) is 0 Å². The molecule has 1 unspecified atom stereocenters. The number of quaternary nitrogens is 1. The summed E-state index contributed by atoms with van der Waals surface area (Å²) in [4.78, 5) is 25.1. The summed E-state index contributed by atoms with van der Waals surface area (Å²) in [5, 5.41) is 13.6. The molecule has 0 saturated carbocycles. The third-order valence-corrected chi connectivity index (χ3v) is 8.88. The number of aliphatic hydroxyl groups excluding tert-OH is 1. The lowest BCUT2D eigenvalue weighted by Crippen LogP contribution is -2.45. The van der Waals surface area contributed by atoms with Gasteiger partial charge in [-0.15, -0.1) is 0 Å². The topological polar surface area (TPSA) is 108 Å². The molecule has 0 bridgehead atoms. The summed E-state index contributed by atoms with van der Waals surface area (Å²) in [6, 6.07) is -0.894. The Labute approximate surface area is 277 Å². The molecule has 0 radical (unpaired) electrons. The van der Waals surface area contributed by atoms with Crippen LogP contribution in [0.2, 0.25) is 0 Å². The van der Waals surface area contributed by atoms with E-state index in [1.807, 2.05) is 27.2 Å². The number of carbonyl (C=O) groups is 1. The molecular weight excluding hydrogens is 587 g/mol. The Bertz CT molecular complexity index is 799. The van der Waals surface area contributed by atoms with Crippen molar-refractivity contribution in [3.8, 4) is 0 Å². The van der Waals surface area contributed by atoms with Crippen molar-refractivity contribution < 1.29 is 32.9 Å². The molecule has 0 aliphatic carbocycles. The quantitative estimate of drug-likeness (QED) is 0.0325. The van der Waals surface area contributed by atoms with Crippen molar-refractivity contribution in [2.45, 2.75) is 161 Å². The summed E-state index contributed by atoms with van der Waals surface area (Å²) in [5.41, 5.74) is 0. The maximum absolute atomic E-state index is 12.7. The van der Waals surface area contributed by atoms with Crippen LogP contribution < -0.4 is 10.2 Å². The van der Waals surface area contributed by atoms with E-state index in [1.165, 1.54) is 89.9 Å².